The first-order valence-electron chi connectivity index (χ1n) is 7.40. The number of nitrogens with one attached hydrogen (secondary N) is 2. The average molecular weight is 355 g/mol. The van der Waals surface area contributed by atoms with Crippen LogP contribution in [0.2, 0.25) is 0 Å². The Hall–Kier alpha value is -1.62. The van der Waals surface area contributed by atoms with Gasteiger partial charge in [0.1, 0.15) is 30.5 Å². The van der Waals surface area contributed by atoms with Gasteiger partial charge in [-0.2, -0.15) is 0 Å². The monoisotopic (exact) mass is 355 g/mol. The molecule has 5 atom stereocenters. The summed E-state index contributed by atoms with van der Waals surface area (Å²) in [6.45, 7) is 0.469. The Balaban J connectivity index is 1.93. The smallest absolute Gasteiger partial charge is 0.185 e. The first kappa shape index (κ1) is 18.7. The van der Waals surface area contributed by atoms with Crippen molar-refractivity contribution in [3.05, 3.63) is 35.9 Å². The molecule has 1 aliphatic rings. The molecular weight excluding hydrogens is 334 g/mol. The molecule has 2 rings (SSSR count). The third kappa shape index (κ3) is 4.07. The average Bonchev–Trinajstić information content (AvgIpc) is 2.60. The van der Waals surface area contributed by atoms with Gasteiger partial charge in [-0.25, -0.2) is 5.43 Å². The number of aliphatic hydroxyl groups excluding tert-OH is 4. The van der Waals surface area contributed by atoms with Crippen LogP contribution < -0.4 is 10.7 Å². The Morgan fingerprint density at radius 2 is 1.75 bits per heavy atom. The standard InChI is InChI=1S/C15H21N3O5S/c1-18(15(24)16-7-8-5-3-2-4-6-8)17-9-10(19)12(21)14(23)13(22)11(9)20/h2-6,9-10,12-14,17,19,21-23H,7H2,1H3,(H,16,24)/t9?,10-,12-,13-,14-/m1/s1. The van der Waals surface area contributed by atoms with Gasteiger partial charge < -0.3 is 25.7 Å². The SMILES string of the molecule is CN(NC1C(=O)[C@@H](O)[C@H](O)[C@H](O)[C@@H]1O)C(=S)NCc1ccccc1. The fourth-order valence-electron chi connectivity index (χ4n) is 2.41. The number of thiocarbonyl (C=S) groups is 1. The molecule has 132 valence electrons. The van der Waals surface area contributed by atoms with E-state index in [2.05, 4.69) is 10.7 Å². The molecular formula is C15H21N3O5S. The Morgan fingerprint density at radius 1 is 1.12 bits per heavy atom. The number of benzene rings is 1. The fourth-order valence-corrected chi connectivity index (χ4v) is 2.53. The minimum atomic E-state index is -1.78. The quantitative estimate of drug-likeness (QED) is 0.266. The minimum Gasteiger partial charge on any atom is -0.388 e. The number of hydrogen-bond donors (Lipinski definition) is 6. The molecule has 0 aliphatic heterocycles. The van der Waals surface area contributed by atoms with Crippen LogP contribution in [-0.2, 0) is 11.3 Å². The second-order valence-electron chi connectivity index (χ2n) is 5.63. The maximum atomic E-state index is 12.0. The summed E-state index contributed by atoms with van der Waals surface area (Å²) < 4.78 is 0. The van der Waals surface area contributed by atoms with E-state index in [4.69, 9.17) is 12.2 Å². The number of hydrogen-bond acceptors (Lipinski definition) is 7. The second kappa shape index (κ2) is 7.97. The minimum absolute atomic E-state index is 0.258. The maximum absolute atomic E-state index is 12.0. The summed E-state index contributed by atoms with van der Waals surface area (Å²) in [6.07, 6.45) is -6.72. The summed E-state index contributed by atoms with van der Waals surface area (Å²) in [5, 5.41) is 43.3. The third-order valence-corrected chi connectivity index (χ3v) is 4.30. The lowest BCUT2D eigenvalue weighted by molar-refractivity contribution is -0.171. The molecule has 0 amide bonds. The lowest BCUT2D eigenvalue weighted by Crippen LogP contribution is -2.68. The molecule has 0 saturated heterocycles. The zero-order valence-electron chi connectivity index (χ0n) is 13.0. The van der Waals surface area contributed by atoms with Crippen LogP contribution in [0, 0.1) is 0 Å². The van der Waals surface area contributed by atoms with Crippen LogP contribution in [0.5, 0.6) is 0 Å². The van der Waals surface area contributed by atoms with Gasteiger partial charge in [-0.15, -0.1) is 0 Å². The number of ketones is 1. The molecule has 1 aromatic carbocycles. The predicted octanol–water partition coefficient (Wildman–Crippen LogP) is -2.11. The van der Waals surface area contributed by atoms with E-state index in [0.717, 1.165) is 5.56 Å². The molecule has 0 spiro atoms. The second-order valence-corrected chi connectivity index (χ2v) is 6.02. The molecule has 0 radical (unpaired) electrons. The highest BCUT2D eigenvalue weighted by molar-refractivity contribution is 7.80. The van der Waals surface area contributed by atoms with Gasteiger partial charge >= 0.3 is 0 Å². The van der Waals surface area contributed by atoms with Crippen molar-refractivity contribution in [2.24, 2.45) is 0 Å². The summed E-state index contributed by atoms with van der Waals surface area (Å²) in [5.41, 5.74) is 3.64. The van der Waals surface area contributed by atoms with E-state index in [9.17, 15) is 25.2 Å². The summed E-state index contributed by atoms with van der Waals surface area (Å²) in [4.78, 5) is 12.0. The van der Waals surface area contributed by atoms with E-state index in [-0.39, 0.29) is 5.11 Å². The maximum Gasteiger partial charge on any atom is 0.185 e. The summed E-state index contributed by atoms with van der Waals surface area (Å²) in [6, 6.07) is 8.24. The molecule has 24 heavy (non-hydrogen) atoms. The Morgan fingerprint density at radius 3 is 2.38 bits per heavy atom. The summed E-state index contributed by atoms with van der Waals surface area (Å²) in [5.74, 6) is -0.821. The fraction of sp³-hybridized carbons (Fsp3) is 0.467. The third-order valence-electron chi connectivity index (χ3n) is 3.89. The van der Waals surface area contributed by atoms with E-state index in [1.165, 1.54) is 12.1 Å². The van der Waals surface area contributed by atoms with Crippen molar-refractivity contribution < 1.29 is 25.2 Å². The van der Waals surface area contributed by atoms with Gasteiger partial charge in [0.15, 0.2) is 10.9 Å². The van der Waals surface area contributed by atoms with Gasteiger partial charge in [-0.05, 0) is 17.8 Å². The zero-order chi connectivity index (χ0) is 17.9. The number of rotatable bonds is 4. The Labute approximate surface area is 144 Å². The summed E-state index contributed by atoms with van der Waals surface area (Å²) in [7, 11) is 1.53. The van der Waals surface area contributed by atoms with Crippen LogP contribution in [0.4, 0.5) is 0 Å². The molecule has 0 bridgehead atoms. The summed E-state index contributed by atoms with van der Waals surface area (Å²) >= 11 is 5.19. The Kier molecular flexibility index (Phi) is 6.21. The normalized spacial score (nSPS) is 30.0. The molecule has 1 fully saturated rings. The molecule has 1 aromatic rings. The van der Waals surface area contributed by atoms with Gasteiger partial charge in [-0.3, -0.25) is 9.80 Å². The lowest BCUT2D eigenvalue weighted by Gasteiger charge is -2.39. The van der Waals surface area contributed by atoms with Crippen LogP contribution >= 0.6 is 12.2 Å². The first-order chi connectivity index (χ1) is 11.3. The van der Waals surface area contributed by atoms with E-state index in [1.54, 1.807) is 0 Å². The lowest BCUT2D eigenvalue weighted by atomic mass is 9.85. The van der Waals surface area contributed by atoms with E-state index in [1.807, 2.05) is 30.3 Å². The van der Waals surface area contributed by atoms with E-state index in [0.29, 0.717) is 6.54 Å². The number of carbonyl (C=O) groups is 1. The molecule has 1 saturated carbocycles. The topological polar surface area (TPSA) is 125 Å². The molecule has 0 aromatic heterocycles. The van der Waals surface area contributed by atoms with Gasteiger partial charge in [0.25, 0.3) is 0 Å². The number of aliphatic hydroxyl groups is 4. The zero-order valence-corrected chi connectivity index (χ0v) is 13.8. The highest BCUT2D eigenvalue weighted by Crippen LogP contribution is 2.18. The molecule has 6 N–H and O–H groups in total. The van der Waals surface area contributed by atoms with Crippen molar-refractivity contribution in [3.63, 3.8) is 0 Å². The van der Waals surface area contributed by atoms with Gasteiger partial charge in [0.2, 0.25) is 0 Å². The van der Waals surface area contributed by atoms with Gasteiger partial charge in [-0.1, -0.05) is 30.3 Å². The number of Topliss-reactive ketones (excluding diaryl/α,β-unsaturated/α-hetero) is 1. The predicted molar refractivity (Wildman–Crippen MR) is 89.6 cm³/mol. The van der Waals surface area contributed by atoms with Crippen LogP contribution in [0.3, 0.4) is 0 Å². The Bertz CT molecular complexity index is 588. The van der Waals surface area contributed by atoms with Crippen molar-refractivity contribution >= 4 is 23.1 Å². The highest BCUT2D eigenvalue weighted by Gasteiger charge is 2.48. The van der Waals surface area contributed by atoms with Crippen molar-refractivity contribution in [1.82, 2.24) is 15.8 Å². The highest BCUT2D eigenvalue weighted by atomic mass is 32.1. The largest absolute Gasteiger partial charge is 0.388 e. The van der Waals surface area contributed by atoms with Gasteiger partial charge in [0, 0.05) is 13.6 Å². The van der Waals surface area contributed by atoms with Crippen LogP contribution in [0.15, 0.2) is 30.3 Å². The molecule has 1 aliphatic carbocycles. The van der Waals surface area contributed by atoms with E-state index < -0.39 is 36.2 Å². The van der Waals surface area contributed by atoms with E-state index >= 15 is 0 Å². The number of hydrazine groups is 1. The number of carbonyl (C=O) groups excluding carboxylic acids is 1. The molecule has 8 nitrogen and oxygen atoms in total. The van der Waals surface area contributed by atoms with Gasteiger partial charge in [0.05, 0.1) is 0 Å². The van der Waals surface area contributed by atoms with Crippen molar-refractivity contribution in [2.45, 2.75) is 37.0 Å². The first-order valence-corrected chi connectivity index (χ1v) is 7.81. The number of nitrogens with zero attached hydrogens (tertiary/aromatic N) is 1. The molecule has 1 unspecified atom stereocenters. The van der Waals surface area contributed by atoms with Crippen molar-refractivity contribution in [2.75, 3.05) is 7.05 Å². The molecule has 0 heterocycles. The van der Waals surface area contributed by atoms with Crippen molar-refractivity contribution in [3.8, 4) is 0 Å². The molecule has 9 heteroatoms. The van der Waals surface area contributed by atoms with Crippen LogP contribution in [0.1, 0.15) is 5.56 Å². The van der Waals surface area contributed by atoms with Crippen LogP contribution in [-0.4, -0.2) is 73.8 Å². The van der Waals surface area contributed by atoms with Crippen LogP contribution in [0.25, 0.3) is 0 Å². The van der Waals surface area contributed by atoms with Crippen molar-refractivity contribution in [1.29, 1.82) is 0 Å².